The molecule has 0 N–H and O–H groups in total. The van der Waals surface area contributed by atoms with Crippen molar-refractivity contribution in [1.82, 2.24) is 4.98 Å². The molecule has 18 heavy (non-hydrogen) atoms. The molecule has 1 heterocycles. The van der Waals surface area contributed by atoms with Gasteiger partial charge in [0.05, 0.1) is 5.69 Å². The summed E-state index contributed by atoms with van der Waals surface area (Å²) in [5.74, 6) is 0. The van der Waals surface area contributed by atoms with Gasteiger partial charge in [-0.1, -0.05) is 57.9 Å². The van der Waals surface area contributed by atoms with Crippen LogP contribution in [0.1, 0.15) is 5.56 Å². The van der Waals surface area contributed by atoms with Crippen LogP contribution in [0.4, 0.5) is 0 Å². The smallest absolute Gasteiger partial charge is 0.0780 e. The maximum atomic E-state index is 4.53. The average molecular weight is 298 g/mol. The number of aromatic nitrogens is 1. The molecular formula is C16H12BrN. The Balaban J connectivity index is 2.29. The van der Waals surface area contributed by atoms with Crippen LogP contribution < -0.4 is 0 Å². The van der Waals surface area contributed by atoms with Gasteiger partial charge in [0, 0.05) is 21.6 Å². The fourth-order valence-electron chi connectivity index (χ4n) is 2.11. The van der Waals surface area contributed by atoms with Crippen molar-refractivity contribution in [2.45, 2.75) is 6.92 Å². The number of aryl methyl sites for hydroxylation is 1. The van der Waals surface area contributed by atoms with Crippen LogP contribution in [0.3, 0.4) is 0 Å². The molecule has 0 unspecified atom stereocenters. The zero-order chi connectivity index (χ0) is 12.5. The lowest BCUT2D eigenvalue weighted by Gasteiger charge is -2.07. The Morgan fingerprint density at radius 1 is 0.889 bits per heavy atom. The van der Waals surface area contributed by atoms with E-state index in [2.05, 4.69) is 64.2 Å². The summed E-state index contributed by atoms with van der Waals surface area (Å²) in [5.41, 5.74) is 3.46. The third-order valence-electron chi connectivity index (χ3n) is 3.08. The standard InChI is InChI=1S/C16H12BrN/c1-11-5-7-12(8-6-11)16-14-3-2-4-15(17)13(14)9-10-18-16/h2-10H,1H3. The molecule has 1 nitrogen and oxygen atoms in total. The molecule has 0 aliphatic carbocycles. The third kappa shape index (κ3) is 1.93. The van der Waals surface area contributed by atoms with E-state index in [1.165, 1.54) is 16.3 Å². The molecule has 0 aliphatic rings. The average Bonchev–Trinajstić information content (AvgIpc) is 2.40. The molecule has 0 fully saturated rings. The summed E-state index contributed by atoms with van der Waals surface area (Å²) in [6.45, 7) is 2.09. The van der Waals surface area contributed by atoms with E-state index in [1.54, 1.807) is 0 Å². The Bertz CT molecular complexity index is 702. The number of fused-ring (bicyclic) bond motifs is 1. The second-order valence-electron chi connectivity index (χ2n) is 4.36. The van der Waals surface area contributed by atoms with E-state index < -0.39 is 0 Å². The molecule has 0 atom stereocenters. The molecule has 0 saturated heterocycles. The van der Waals surface area contributed by atoms with Crippen molar-refractivity contribution < 1.29 is 0 Å². The molecule has 0 spiro atoms. The van der Waals surface area contributed by atoms with Crippen molar-refractivity contribution in [3.8, 4) is 11.3 Å². The lowest BCUT2D eigenvalue weighted by molar-refractivity contribution is 1.35. The van der Waals surface area contributed by atoms with Crippen molar-refractivity contribution in [2.24, 2.45) is 0 Å². The first-order valence-electron chi connectivity index (χ1n) is 5.86. The summed E-state index contributed by atoms with van der Waals surface area (Å²) in [7, 11) is 0. The van der Waals surface area contributed by atoms with Crippen molar-refractivity contribution in [3.05, 3.63) is 64.8 Å². The van der Waals surface area contributed by atoms with E-state index in [-0.39, 0.29) is 0 Å². The van der Waals surface area contributed by atoms with E-state index in [0.717, 1.165) is 15.7 Å². The van der Waals surface area contributed by atoms with Crippen LogP contribution >= 0.6 is 15.9 Å². The molecule has 0 amide bonds. The summed E-state index contributed by atoms with van der Waals surface area (Å²) in [6.07, 6.45) is 1.86. The molecule has 0 aliphatic heterocycles. The molecule has 88 valence electrons. The lowest BCUT2D eigenvalue weighted by Crippen LogP contribution is -1.86. The minimum absolute atomic E-state index is 1.04. The van der Waals surface area contributed by atoms with Crippen LogP contribution in [-0.2, 0) is 0 Å². The number of benzene rings is 2. The Morgan fingerprint density at radius 2 is 1.67 bits per heavy atom. The number of nitrogens with zero attached hydrogens (tertiary/aromatic N) is 1. The summed E-state index contributed by atoms with van der Waals surface area (Å²) in [4.78, 5) is 4.53. The largest absolute Gasteiger partial charge is 0.256 e. The van der Waals surface area contributed by atoms with Crippen molar-refractivity contribution >= 4 is 26.7 Å². The predicted octanol–water partition coefficient (Wildman–Crippen LogP) is 4.97. The monoisotopic (exact) mass is 297 g/mol. The van der Waals surface area contributed by atoms with Gasteiger partial charge in [0.2, 0.25) is 0 Å². The number of rotatable bonds is 1. The van der Waals surface area contributed by atoms with Gasteiger partial charge in [0.25, 0.3) is 0 Å². The van der Waals surface area contributed by atoms with Gasteiger partial charge in [-0.25, -0.2) is 0 Å². The normalized spacial score (nSPS) is 10.8. The molecule has 3 rings (SSSR count). The Hall–Kier alpha value is -1.67. The molecule has 2 heteroatoms. The lowest BCUT2D eigenvalue weighted by atomic mass is 10.0. The summed E-state index contributed by atoms with van der Waals surface area (Å²) in [6, 6.07) is 16.7. The van der Waals surface area contributed by atoms with Crippen molar-refractivity contribution in [1.29, 1.82) is 0 Å². The predicted molar refractivity (Wildman–Crippen MR) is 79.6 cm³/mol. The van der Waals surface area contributed by atoms with Crippen LogP contribution in [0.2, 0.25) is 0 Å². The number of hydrogen-bond acceptors (Lipinski definition) is 1. The molecule has 3 aromatic rings. The van der Waals surface area contributed by atoms with E-state index in [9.17, 15) is 0 Å². The van der Waals surface area contributed by atoms with Gasteiger partial charge in [0.1, 0.15) is 0 Å². The Labute approximate surface area is 115 Å². The molecule has 1 aromatic heterocycles. The molecular weight excluding hydrogens is 286 g/mol. The third-order valence-corrected chi connectivity index (χ3v) is 3.77. The number of hydrogen-bond donors (Lipinski definition) is 0. The second kappa shape index (κ2) is 4.54. The van der Waals surface area contributed by atoms with E-state index >= 15 is 0 Å². The first-order valence-corrected chi connectivity index (χ1v) is 6.65. The molecule has 0 bridgehead atoms. The van der Waals surface area contributed by atoms with E-state index in [0.29, 0.717) is 0 Å². The highest BCUT2D eigenvalue weighted by molar-refractivity contribution is 9.10. The summed E-state index contributed by atoms with van der Waals surface area (Å²) < 4.78 is 1.11. The molecule has 2 aromatic carbocycles. The summed E-state index contributed by atoms with van der Waals surface area (Å²) >= 11 is 3.59. The highest BCUT2D eigenvalue weighted by atomic mass is 79.9. The SMILES string of the molecule is Cc1ccc(-c2nccc3c(Br)cccc23)cc1. The first-order chi connectivity index (χ1) is 8.75. The van der Waals surface area contributed by atoms with Gasteiger partial charge in [-0.05, 0) is 24.4 Å². The molecule has 0 saturated carbocycles. The van der Waals surface area contributed by atoms with E-state index in [4.69, 9.17) is 0 Å². The quantitative estimate of drug-likeness (QED) is 0.618. The van der Waals surface area contributed by atoms with Crippen LogP contribution in [0.25, 0.3) is 22.0 Å². The summed E-state index contributed by atoms with van der Waals surface area (Å²) in [5, 5.41) is 2.37. The van der Waals surface area contributed by atoms with Gasteiger partial charge >= 0.3 is 0 Å². The first kappa shape index (κ1) is 11.4. The van der Waals surface area contributed by atoms with Crippen LogP contribution in [0.5, 0.6) is 0 Å². The highest BCUT2D eigenvalue weighted by Crippen LogP contribution is 2.30. The van der Waals surface area contributed by atoms with Gasteiger partial charge in [-0.2, -0.15) is 0 Å². The van der Waals surface area contributed by atoms with Crippen molar-refractivity contribution in [2.75, 3.05) is 0 Å². The highest BCUT2D eigenvalue weighted by Gasteiger charge is 2.06. The second-order valence-corrected chi connectivity index (χ2v) is 5.21. The van der Waals surface area contributed by atoms with Gasteiger partial charge in [-0.15, -0.1) is 0 Å². The number of halogens is 1. The van der Waals surface area contributed by atoms with E-state index in [1.807, 2.05) is 18.3 Å². The van der Waals surface area contributed by atoms with Gasteiger partial charge in [0.15, 0.2) is 0 Å². The van der Waals surface area contributed by atoms with Crippen LogP contribution in [0, 0.1) is 6.92 Å². The zero-order valence-electron chi connectivity index (χ0n) is 10.0. The number of pyridine rings is 1. The minimum Gasteiger partial charge on any atom is -0.256 e. The minimum atomic E-state index is 1.04. The fourth-order valence-corrected chi connectivity index (χ4v) is 2.61. The van der Waals surface area contributed by atoms with Crippen molar-refractivity contribution in [3.63, 3.8) is 0 Å². The topological polar surface area (TPSA) is 12.9 Å². The molecule has 0 radical (unpaired) electrons. The van der Waals surface area contributed by atoms with Gasteiger partial charge in [-0.3, -0.25) is 4.98 Å². The Kier molecular flexibility index (Phi) is 2.88. The fraction of sp³-hybridized carbons (Fsp3) is 0.0625. The van der Waals surface area contributed by atoms with Crippen LogP contribution in [0.15, 0.2) is 59.2 Å². The van der Waals surface area contributed by atoms with Gasteiger partial charge < -0.3 is 0 Å². The van der Waals surface area contributed by atoms with Crippen LogP contribution in [-0.4, -0.2) is 4.98 Å². The maximum Gasteiger partial charge on any atom is 0.0780 e. The zero-order valence-corrected chi connectivity index (χ0v) is 11.6. The Morgan fingerprint density at radius 3 is 2.44 bits per heavy atom. The maximum absolute atomic E-state index is 4.53.